The molecule has 2 aromatic carbocycles. The summed E-state index contributed by atoms with van der Waals surface area (Å²) >= 11 is 0. The van der Waals surface area contributed by atoms with Gasteiger partial charge in [-0.2, -0.15) is 0 Å². The van der Waals surface area contributed by atoms with Gasteiger partial charge in [0.2, 0.25) is 0 Å². The molecule has 0 aliphatic heterocycles. The maximum atomic E-state index is 12.3. The number of carbonyl (C=O) groups is 2. The number of hydrogen-bond donors (Lipinski definition) is 1. The minimum Gasteiger partial charge on any atom is -0.449 e. The first-order valence-corrected chi connectivity index (χ1v) is 8.08. The van der Waals surface area contributed by atoms with E-state index >= 15 is 0 Å². The average Bonchev–Trinajstić information content (AvgIpc) is 2.58. The molecule has 2 rings (SSSR count). The van der Waals surface area contributed by atoms with Crippen molar-refractivity contribution in [2.45, 2.75) is 40.2 Å². The number of rotatable bonds is 5. The van der Waals surface area contributed by atoms with Gasteiger partial charge in [0, 0.05) is 5.69 Å². The number of esters is 1. The molecular weight excluding hydrogens is 302 g/mol. The lowest BCUT2D eigenvalue weighted by atomic mass is 10.1. The normalized spacial score (nSPS) is 11.7. The minimum atomic E-state index is -0.872. The molecule has 0 aliphatic carbocycles. The predicted octanol–water partition coefficient (Wildman–Crippen LogP) is 4.05. The Balaban J connectivity index is 1.99. The van der Waals surface area contributed by atoms with Crippen LogP contribution in [0.1, 0.15) is 40.9 Å². The smallest absolute Gasteiger partial charge is 0.338 e. The zero-order valence-corrected chi connectivity index (χ0v) is 14.6. The number of amides is 1. The third-order valence-electron chi connectivity index (χ3n) is 3.90. The van der Waals surface area contributed by atoms with E-state index in [-0.39, 0.29) is 5.91 Å². The van der Waals surface area contributed by atoms with Crippen molar-refractivity contribution < 1.29 is 14.3 Å². The zero-order valence-electron chi connectivity index (χ0n) is 14.6. The number of anilines is 1. The Kier molecular flexibility index (Phi) is 5.74. The highest BCUT2D eigenvalue weighted by atomic mass is 16.5. The molecule has 4 nitrogen and oxygen atoms in total. The Bertz CT molecular complexity index is 735. The number of aryl methyl sites for hydroxylation is 3. The molecular formula is C20H23NO3. The molecule has 4 heteroatoms. The predicted molar refractivity (Wildman–Crippen MR) is 95.2 cm³/mol. The molecule has 0 fully saturated rings. The molecule has 1 unspecified atom stereocenters. The van der Waals surface area contributed by atoms with E-state index in [1.54, 1.807) is 19.1 Å². The van der Waals surface area contributed by atoms with Gasteiger partial charge in [0.15, 0.2) is 6.10 Å². The second-order valence-corrected chi connectivity index (χ2v) is 5.91. The van der Waals surface area contributed by atoms with Crippen LogP contribution in [0.15, 0.2) is 42.5 Å². The number of hydrogen-bond acceptors (Lipinski definition) is 3. The summed E-state index contributed by atoms with van der Waals surface area (Å²) in [6, 6.07) is 13.0. The standard InChI is InChI=1S/C20H23NO3/c1-5-16-8-10-17(11-9-16)20(23)24-15(4)19(22)21-18-12-13(2)6-7-14(18)3/h6-12,15H,5H2,1-4H3,(H,21,22). The molecule has 0 radical (unpaired) electrons. The van der Waals surface area contributed by atoms with E-state index in [0.29, 0.717) is 5.56 Å². The van der Waals surface area contributed by atoms with Gasteiger partial charge < -0.3 is 10.1 Å². The first kappa shape index (κ1) is 17.7. The second-order valence-electron chi connectivity index (χ2n) is 5.91. The van der Waals surface area contributed by atoms with Crippen LogP contribution in [0.3, 0.4) is 0 Å². The van der Waals surface area contributed by atoms with E-state index < -0.39 is 12.1 Å². The number of ether oxygens (including phenoxy) is 1. The van der Waals surface area contributed by atoms with Crippen molar-refractivity contribution in [3.8, 4) is 0 Å². The summed E-state index contributed by atoms with van der Waals surface area (Å²) in [4.78, 5) is 24.4. The first-order chi connectivity index (χ1) is 11.4. The summed E-state index contributed by atoms with van der Waals surface area (Å²) in [6.45, 7) is 7.49. The van der Waals surface area contributed by atoms with Crippen molar-refractivity contribution in [1.29, 1.82) is 0 Å². The van der Waals surface area contributed by atoms with Crippen molar-refractivity contribution in [2.24, 2.45) is 0 Å². The molecule has 1 N–H and O–H groups in total. The van der Waals surface area contributed by atoms with Gasteiger partial charge in [0.25, 0.3) is 5.91 Å². The lowest BCUT2D eigenvalue weighted by Gasteiger charge is -2.15. The van der Waals surface area contributed by atoms with Gasteiger partial charge in [-0.15, -0.1) is 0 Å². The summed E-state index contributed by atoms with van der Waals surface area (Å²) in [5.41, 5.74) is 4.33. The topological polar surface area (TPSA) is 55.4 Å². The van der Waals surface area contributed by atoms with Crippen LogP contribution in [-0.2, 0) is 16.0 Å². The Morgan fingerprint density at radius 2 is 1.75 bits per heavy atom. The van der Waals surface area contributed by atoms with Gasteiger partial charge in [0.05, 0.1) is 5.56 Å². The fourth-order valence-corrected chi connectivity index (χ4v) is 2.26. The van der Waals surface area contributed by atoms with Crippen LogP contribution in [0.2, 0.25) is 0 Å². The summed E-state index contributed by atoms with van der Waals surface area (Å²) in [5.74, 6) is -0.844. The number of nitrogens with one attached hydrogen (secondary N) is 1. The van der Waals surface area contributed by atoms with Crippen LogP contribution in [0.5, 0.6) is 0 Å². The number of benzene rings is 2. The van der Waals surface area contributed by atoms with E-state index in [1.807, 2.05) is 51.1 Å². The highest BCUT2D eigenvalue weighted by molar-refractivity contribution is 5.97. The van der Waals surface area contributed by atoms with E-state index in [9.17, 15) is 9.59 Å². The zero-order chi connectivity index (χ0) is 17.7. The SMILES string of the molecule is CCc1ccc(C(=O)OC(C)C(=O)Nc2cc(C)ccc2C)cc1. The molecule has 126 valence electrons. The summed E-state index contributed by atoms with van der Waals surface area (Å²) in [6.07, 6.45) is 0.0347. The van der Waals surface area contributed by atoms with Crippen molar-refractivity contribution in [3.05, 3.63) is 64.7 Å². The summed E-state index contributed by atoms with van der Waals surface area (Å²) in [7, 11) is 0. The van der Waals surface area contributed by atoms with Crippen LogP contribution < -0.4 is 5.32 Å². The largest absolute Gasteiger partial charge is 0.449 e. The molecule has 0 aliphatic rings. The van der Waals surface area contributed by atoms with Crippen LogP contribution in [0.4, 0.5) is 5.69 Å². The van der Waals surface area contributed by atoms with Crippen LogP contribution in [-0.4, -0.2) is 18.0 Å². The van der Waals surface area contributed by atoms with Gasteiger partial charge in [-0.1, -0.05) is 31.2 Å². The lowest BCUT2D eigenvalue weighted by molar-refractivity contribution is -0.123. The highest BCUT2D eigenvalue weighted by Gasteiger charge is 2.19. The summed E-state index contributed by atoms with van der Waals surface area (Å²) in [5, 5.41) is 2.81. The first-order valence-electron chi connectivity index (χ1n) is 8.08. The van der Waals surface area contributed by atoms with E-state index in [2.05, 4.69) is 5.32 Å². The molecule has 0 saturated carbocycles. The van der Waals surface area contributed by atoms with E-state index in [4.69, 9.17) is 4.74 Å². The molecule has 24 heavy (non-hydrogen) atoms. The minimum absolute atomic E-state index is 0.345. The third kappa shape index (κ3) is 4.44. The third-order valence-corrected chi connectivity index (χ3v) is 3.90. The fraction of sp³-hybridized carbons (Fsp3) is 0.300. The molecule has 0 heterocycles. The van der Waals surface area contributed by atoms with Crippen molar-refractivity contribution in [1.82, 2.24) is 0 Å². The maximum absolute atomic E-state index is 12.3. The Morgan fingerprint density at radius 3 is 2.38 bits per heavy atom. The molecule has 0 bridgehead atoms. The van der Waals surface area contributed by atoms with E-state index in [1.165, 1.54) is 0 Å². The molecule has 1 atom stereocenters. The molecule has 1 amide bonds. The quantitative estimate of drug-likeness (QED) is 0.844. The van der Waals surface area contributed by atoms with Crippen LogP contribution in [0, 0.1) is 13.8 Å². The second kappa shape index (κ2) is 7.77. The molecule has 0 saturated heterocycles. The average molecular weight is 325 g/mol. The van der Waals surface area contributed by atoms with Crippen molar-refractivity contribution >= 4 is 17.6 Å². The maximum Gasteiger partial charge on any atom is 0.338 e. The van der Waals surface area contributed by atoms with Crippen LogP contribution in [0.25, 0.3) is 0 Å². The Labute approximate surface area is 142 Å². The Morgan fingerprint density at radius 1 is 1.08 bits per heavy atom. The number of carbonyl (C=O) groups excluding carboxylic acids is 2. The van der Waals surface area contributed by atoms with Gasteiger partial charge in [-0.3, -0.25) is 4.79 Å². The molecule has 0 spiro atoms. The van der Waals surface area contributed by atoms with Gasteiger partial charge in [0.1, 0.15) is 0 Å². The lowest BCUT2D eigenvalue weighted by Crippen LogP contribution is -2.30. The van der Waals surface area contributed by atoms with E-state index in [0.717, 1.165) is 28.8 Å². The monoisotopic (exact) mass is 325 g/mol. The van der Waals surface area contributed by atoms with Crippen molar-refractivity contribution in [2.75, 3.05) is 5.32 Å². The molecule has 2 aromatic rings. The van der Waals surface area contributed by atoms with Gasteiger partial charge in [-0.25, -0.2) is 4.79 Å². The van der Waals surface area contributed by atoms with Gasteiger partial charge in [-0.05, 0) is 62.1 Å². The van der Waals surface area contributed by atoms with Crippen molar-refractivity contribution in [3.63, 3.8) is 0 Å². The highest BCUT2D eigenvalue weighted by Crippen LogP contribution is 2.17. The molecule has 0 aromatic heterocycles. The van der Waals surface area contributed by atoms with Crippen LogP contribution >= 0.6 is 0 Å². The summed E-state index contributed by atoms with van der Waals surface area (Å²) < 4.78 is 5.26. The fourth-order valence-electron chi connectivity index (χ4n) is 2.26. The van der Waals surface area contributed by atoms with Gasteiger partial charge >= 0.3 is 5.97 Å². The Hall–Kier alpha value is -2.62.